The maximum atomic E-state index is 12.4. The fourth-order valence-corrected chi connectivity index (χ4v) is 6.31. The zero-order valence-corrected chi connectivity index (χ0v) is 29.8. The summed E-state index contributed by atoms with van der Waals surface area (Å²) in [6.45, 7) is 4.23. The van der Waals surface area contributed by atoms with E-state index < -0.39 is 24.2 Å². The molecule has 0 radical (unpaired) electrons. The molecule has 0 heterocycles. The SMILES string of the molecule is CCCCCCCCCCCCCCCCCCCCC(O)C(=O)NC(CO)C(O)CCCCCCCCCCCCCC. The van der Waals surface area contributed by atoms with Crippen molar-refractivity contribution in [2.75, 3.05) is 6.61 Å². The highest BCUT2D eigenvalue weighted by molar-refractivity contribution is 5.80. The first-order valence-electron chi connectivity index (χ1n) is 19.8. The van der Waals surface area contributed by atoms with Crippen molar-refractivity contribution in [3.63, 3.8) is 0 Å². The zero-order chi connectivity index (χ0) is 32.4. The van der Waals surface area contributed by atoms with Crippen molar-refractivity contribution in [2.45, 2.75) is 238 Å². The molecule has 5 nitrogen and oxygen atoms in total. The molecule has 0 aromatic rings. The van der Waals surface area contributed by atoms with E-state index in [1.165, 1.54) is 161 Å². The number of nitrogens with one attached hydrogen (secondary N) is 1. The largest absolute Gasteiger partial charge is 0.394 e. The Labute approximate surface area is 275 Å². The van der Waals surface area contributed by atoms with Gasteiger partial charge in [-0.15, -0.1) is 0 Å². The van der Waals surface area contributed by atoms with E-state index in [1.807, 2.05) is 0 Å². The lowest BCUT2D eigenvalue weighted by atomic mass is 10.0. The first-order valence-corrected chi connectivity index (χ1v) is 19.8. The predicted molar refractivity (Wildman–Crippen MR) is 190 cm³/mol. The normalized spacial score (nSPS) is 13.7. The van der Waals surface area contributed by atoms with Gasteiger partial charge in [-0.25, -0.2) is 0 Å². The van der Waals surface area contributed by atoms with Crippen LogP contribution in [-0.2, 0) is 4.79 Å². The zero-order valence-electron chi connectivity index (χ0n) is 29.8. The molecule has 0 fully saturated rings. The molecule has 0 rings (SSSR count). The summed E-state index contributed by atoms with van der Waals surface area (Å²) in [5, 5.41) is 33.2. The summed E-state index contributed by atoms with van der Waals surface area (Å²) in [6, 6.07) is -0.704. The van der Waals surface area contributed by atoms with Crippen LogP contribution in [0.3, 0.4) is 0 Å². The minimum atomic E-state index is -1.07. The van der Waals surface area contributed by atoms with Crippen LogP contribution in [0.1, 0.15) is 219 Å². The number of aliphatic hydroxyl groups is 3. The quantitative estimate of drug-likeness (QED) is 0.0521. The van der Waals surface area contributed by atoms with Crippen molar-refractivity contribution in [2.24, 2.45) is 0 Å². The van der Waals surface area contributed by atoms with Gasteiger partial charge in [-0.2, -0.15) is 0 Å². The number of aliphatic hydroxyl groups excluding tert-OH is 3. The molecule has 1 amide bonds. The molecule has 0 aliphatic heterocycles. The average molecular weight is 626 g/mol. The highest BCUT2D eigenvalue weighted by Gasteiger charge is 2.23. The highest BCUT2D eigenvalue weighted by atomic mass is 16.3. The van der Waals surface area contributed by atoms with E-state index in [2.05, 4.69) is 19.2 Å². The second-order valence-corrected chi connectivity index (χ2v) is 13.9. The third-order valence-electron chi connectivity index (χ3n) is 9.48. The first kappa shape index (κ1) is 43.4. The second-order valence-electron chi connectivity index (χ2n) is 13.9. The summed E-state index contributed by atoms with van der Waals surface area (Å²) in [7, 11) is 0. The van der Waals surface area contributed by atoms with Gasteiger partial charge in [0.2, 0.25) is 5.91 Å². The van der Waals surface area contributed by atoms with E-state index in [0.29, 0.717) is 12.8 Å². The van der Waals surface area contributed by atoms with Gasteiger partial charge in [0.15, 0.2) is 0 Å². The summed E-state index contributed by atoms with van der Waals surface area (Å²) in [5.41, 5.74) is 0. The molecule has 0 saturated heterocycles. The van der Waals surface area contributed by atoms with Gasteiger partial charge < -0.3 is 20.6 Å². The van der Waals surface area contributed by atoms with Crippen molar-refractivity contribution in [3.8, 4) is 0 Å². The summed E-state index contributed by atoms with van der Waals surface area (Å²) >= 11 is 0. The van der Waals surface area contributed by atoms with Crippen LogP contribution in [-0.4, -0.2) is 46.1 Å². The third-order valence-corrected chi connectivity index (χ3v) is 9.48. The molecular weight excluding hydrogens is 546 g/mol. The third kappa shape index (κ3) is 30.0. The Hall–Kier alpha value is -0.650. The van der Waals surface area contributed by atoms with E-state index in [0.717, 1.165) is 32.1 Å². The van der Waals surface area contributed by atoms with E-state index in [-0.39, 0.29) is 6.61 Å². The number of unbranched alkanes of at least 4 members (excludes halogenated alkanes) is 28. The van der Waals surface area contributed by atoms with Crippen LogP contribution in [0.15, 0.2) is 0 Å². The summed E-state index contributed by atoms with van der Waals surface area (Å²) in [5.74, 6) is -0.468. The van der Waals surface area contributed by atoms with Gasteiger partial charge in [0.1, 0.15) is 6.10 Å². The molecule has 0 spiro atoms. The van der Waals surface area contributed by atoms with Crippen molar-refractivity contribution < 1.29 is 20.1 Å². The molecule has 0 aliphatic carbocycles. The Kier molecular flexibility index (Phi) is 34.7. The Morgan fingerprint density at radius 1 is 0.455 bits per heavy atom. The molecule has 3 atom stereocenters. The fraction of sp³-hybridized carbons (Fsp3) is 0.974. The van der Waals surface area contributed by atoms with Gasteiger partial charge in [0, 0.05) is 0 Å². The number of rotatable bonds is 36. The molecule has 0 aromatic heterocycles. The van der Waals surface area contributed by atoms with Crippen LogP contribution in [0.25, 0.3) is 0 Å². The van der Waals surface area contributed by atoms with Crippen LogP contribution in [0, 0.1) is 0 Å². The minimum Gasteiger partial charge on any atom is -0.394 e. The summed E-state index contributed by atoms with van der Waals surface area (Å²) in [4.78, 5) is 12.4. The monoisotopic (exact) mass is 626 g/mol. The fourth-order valence-electron chi connectivity index (χ4n) is 6.31. The highest BCUT2D eigenvalue weighted by Crippen LogP contribution is 2.16. The lowest BCUT2D eigenvalue weighted by molar-refractivity contribution is -0.131. The van der Waals surface area contributed by atoms with Gasteiger partial charge >= 0.3 is 0 Å². The van der Waals surface area contributed by atoms with Gasteiger partial charge in [-0.3, -0.25) is 4.79 Å². The number of hydrogen-bond donors (Lipinski definition) is 4. The molecule has 0 bridgehead atoms. The molecule has 0 aliphatic rings. The van der Waals surface area contributed by atoms with E-state index >= 15 is 0 Å². The number of carbonyl (C=O) groups is 1. The predicted octanol–water partition coefficient (Wildman–Crippen LogP) is 10.7. The molecule has 0 saturated carbocycles. The van der Waals surface area contributed by atoms with E-state index in [1.54, 1.807) is 0 Å². The number of hydrogen-bond acceptors (Lipinski definition) is 4. The van der Waals surface area contributed by atoms with Crippen molar-refractivity contribution in [1.29, 1.82) is 0 Å². The van der Waals surface area contributed by atoms with Crippen LogP contribution in [0.2, 0.25) is 0 Å². The van der Waals surface area contributed by atoms with Gasteiger partial charge in [-0.05, 0) is 12.8 Å². The Bertz CT molecular complexity index is 572. The molecule has 3 unspecified atom stereocenters. The van der Waals surface area contributed by atoms with Crippen LogP contribution >= 0.6 is 0 Å². The Balaban J connectivity index is 3.61. The number of carbonyl (C=O) groups excluding carboxylic acids is 1. The average Bonchev–Trinajstić information content (AvgIpc) is 3.03. The molecular formula is C39H79NO4. The molecule has 4 N–H and O–H groups in total. The van der Waals surface area contributed by atoms with Gasteiger partial charge in [0.05, 0.1) is 18.8 Å². The molecule has 5 heteroatoms. The Morgan fingerprint density at radius 2 is 0.727 bits per heavy atom. The topological polar surface area (TPSA) is 89.8 Å². The summed E-state index contributed by atoms with van der Waals surface area (Å²) in [6.07, 6.45) is 38.0. The molecule has 44 heavy (non-hydrogen) atoms. The van der Waals surface area contributed by atoms with Crippen LogP contribution in [0.5, 0.6) is 0 Å². The lowest BCUT2D eigenvalue weighted by Gasteiger charge is -2.23. The van der Waals surface area contributed by atoms with Crippen LogP contribution in [0.4, 0.5) is 0 Å². The van der Waals surface area contributed by atoms with E-state index in [4.69, 9.17) is 0 Å². The van der Waals surface area contributed by atoms with Gasteiger partial charge in [0.25, 0.3) is 0 Å². The lowest BCUT2D eigenvalue weighted by Crippen LogP contribution is -2.49. The van der Waals surface area contributed by atoms with Crippen LogP contribution < -0.4 is 5.32 Å². The van der Waals surface area contributed by atoms with E-state index in [9.17, 15) is 20.1 Å². The standard InChI is InChI=1S/C39H79NO4/c1-3-5-7-9-11-13-15-17-18-19-20-21-22-24-26-28-30-32-34-38(43)39(44)40-36(35-41)37(42)33-31-29-27-25-23-16-14-12-10-8-6-4-2/h36-38,41-43H,3-35H2,1-2H3,(H,40,44). The smallest absolute Gasteiger partial charge is 0.249 e. The second kappa shape index (κ2) is 35.2. The maximum absolute atomic E-state index is 12.4. The summed E-state index contributed by atoms with van der Waals surface area (Å²) < 4.78 is 0. The number of amides is 1. The maximum Gasteiger partial charge on any atom is 0.249 e. The van der Waals surface area contributed by atoms with Gasteiger partial charge in [-0.1, -0.05) is 206 Å². The molecule has 0 aromatic carbocycles. The first-order chi connectivity index (χ1) is 21.6. The van der Waals surface area contributed by atoms with Crippen molar-refractivity contribution in [1.82, 2.24) is 5.32 Å². The van der Waals surface area contributed by atoms with Crippen molar-refractivity contribution in [3.05, 3.63) is 0 Å². The van der Waals surface area contributed by atoms with Crippen molar-refractivity contribution >= 4 is 5.91 Å². The minimum absolute atomic E-state index is 0.308. The molecule has 264 valence electrons. The Morgan fingerprint density at radius 3 is 1.02 bits per heavy atom.